The lowest BCUT2D eigenvalue weighted by atomic mass is 10.0. The first kappa shape index (κ1) is 15.9. The second-order valence-corrected chi connectivity index (χ2v) is 5.00. The summed E-state index contributed by atoms with van der Waals surface area (Å²) in [5.41, 5.74) is 0.0167. The van der Waals surface area contributed by atoms with Crippen LogP contribution in [0.4, 0.5) is 13.2 Å². The molecule has 2 rings (SSSR count). The summed E-state index contributed by atoms with van der Waals surface area (Å²) in [6.07, 6.45) is -3.18. The fraction of sp³-hybridized carbons (Fsp3) is 0.400. The third kappa shape index (κ3) is 3.23. The molecule has 0 aliphatic heterocycles. The molecule has 0 bridgehead atoms. The van der Waals surface area contributed by atoms with E-state index in [1.807, 2.05) is 13.8 Å². The fourth-order valence-corrected chi connectivity index (χ4v) is 2.35. The number of alkyl halides is 3. The van der Waals surface area contributed by atoms with Gasteiger partial charge in [-0.15, -0.1) is 0 Å². The maximum absolute atomic E-state index is 13.1. The van der Waals surface area contributed by atoms with Gasteiger partial charge in [0.05, 0.1) is 12.2 Å². The van der Waals surface area contributed by atoms with E-state index in [-0.39, 0.29) is 16.1 Å². The Kier molecular flexibility index (Phi) is 4.61. The molecule has 2 nitrogen and oxygen atoms in total. The Morgan fingerprint density at radius 3 is 2.52 bits per heavy atom. The van der Waals surface area contributed by atoms with Gasteiger partial charge < -0.3 is 4.74 Å². The second kappa shape index (κ2) is 6.10. The molecule has 1 aromatic carbocycles. The molecular weight excluding hydrogens is 303 g/mol. The predicted octanol–water partition coefficient (Wildman–Crippen LogP) is 5.26. The number of ether oxygens (including phenoxy) is 1. The number of hydrogen-bond donors (Lipinski definition) is 0. The zero-order valence-electron chi connectivity index (χ0n) is 11.7. The lowest BCUT2D eigenvalue weighted by Crippen LogP contribution is -2.08. The molecule has 0 unspecified atom stereocenters. The minimum absolute atomic E-state index is 0.0253. The van der Waals surface area contributed by atoms with Crippen LogP contribution in [0.15, 0.2) is 18.2 Å². The number of aryl methyl sites for hydroxylation is 1. The van der Waals surface area contributed by atoms with E-state index in [4.69, 9.17) is 16.3 Å². The van der Waals surface area contributed by atoms with Gasteiger partial charge in [-0.05, 0) is 36.6 Å². The average Bonchev–Trinajstić information content (AvgIpc) is 2.42. The summed E-state index contributed by atoms with van der Waals surface area (Å²) < 4.78 is 44.9. The van der Waals surface area contributed by atoms with E-state index < -0.39 is 11.7 Å². The third-order valence-electron chi connectivity index (χ3n) is 3.12. The molecule has 0 amide bonds. The fourth-order valence-electron chi connectivity index (χ4n) is 2.08. The number of halogens is 4. The molecule has 21 heavy (non-hydrogen) atoms. The first-order chi connectivity index (χ1) is 9.88. The summed E-state index contributed by atoms with van der Waals surface area (Å²) in [5.74, 6) is 0.324. The van der Waals surface area contributed by atoms with Gasteiger partial charge in [0.2, 0.25) is 0 Å². The van der Waals surface area contributed by atoms with Gasteiger partial charge >= 0.3 is 6.18 Å². The molecule has 1 heterocycles. The van der Waals surface area contributed by atoms with E-state index in [0.29, 0.717) is 24.3 Å². The number of fused-ring (bicyclic) bond motifs is 1. The molecule has 0 N–H and O–H groups in total. The van der Waals surface area contributed by atoms with Gasteiger partial charge in [-0.25, -0.2) is 4.98 Å². The van der Waals surface area contributed by atoms with E-state index in [9.17, 15) is 13.2 Å². The quantitative estimate of drug-likeness (QED) is 0.718. The highest BCUT2D eigenvalue weighted by atomic mass is 35.5. The highest BCUT2D eigenvalue weighted by Gasteiger charge is 2.33. The van der Waals surface area contributed by atoms with Gasteiger partial charge in [0.25, 0.3) is 0 Å². The minimum Gasteiger partial charge on any atom is -0.491 e. The van der Waals surface area contributed by atoms with Crippen LogP contribution >= 0.6 is 11.6 Å². The number of rotatable bonds is 4. The molecule has 2 aromatic rings. The molecule has 0 radical (unpaired) electrons. The molecular formula is C15H15ClF3NO. The van der Waals surface area contributed by atoms with Crippen LogP contribution in [0.25, 0.3) is 10.9 Å². The van der Waals surface area contributed by atoms with E-state index >= 15 is 0 Å². The lowest BCUT2D eigenvalue weighted by Gasteiger charge is -2.15. The lowest BCUT2D eigenvalue weighted by molar-refractivity contribution is -0.136. The van der Waals surface area contributed by atoms with Crippen molar-refractivity contribution in [3.8, 4) is 5.75 Å². The van der Waals surface area contributed by atoms with Crippen molar-refractivity contribution >= 4 is 22.5 Å². The summed E-state index contributed by atoms with van der Waals surface area (Å²) in [6.45, 7) is 4.15. The van der Waals surface area contributed by atoms with Crippen molar-refractivity contribution in [1.29, 1.82) is 0 Å². The Balaban J connectivity index is 2.73. The summed E-state index contributed by atoms with van der Waals surface area (Å²) in [7, 11) is 0. The van der Waals surface area contributed by atoms with Crippen LogP contribution in [-0.2, 0) is 12.6 Å². The van der Waals surface area contributed by atoms with Crippen molar-refractivity contribution < 1.29 is 17.9 Å². The minimum atomic E-state index is -4.44. The van der Waals surface area contributed by atoms with Crippen LogP contribution in [-0.4, -0.2) is 11.6 Å². The molecule has 1 aromatic heterocycles. The van der Waals surface area contributed by atoms with Crippen molar-refractivity contribution in [3.05, 3.63) is 34.5 Å². The molecule has 0 aliphatic carbocycles. The van der Waals surface area contributed by atoms with Gasteiger partial charge in [-0.3, -0.25) is 0 Å². The van der Waals surface area contributed by atoms with E-state index in [2.05, 4.69) is 4.98 Å². The molecule has 0 spiro atoms. The molecule has 0 fully saturated rings. The Morgan fingerprint density at radius 2 is 1.95 bits per heavy atom. The van der Waals surface area contributed by atoms with Crippen molar-refractivity contribution in [3.63, 3.8) is 0 Å². The van der Waals surface area contributed by atoms with Crippen molar-refractivity contribution in [1.82, 2.24) is 4.98 Å². The predicted molar refractivity (Wildman–Crippen MR) is 76.9 cm³/mol. The normalized spacial score (nSPS) is 11.9. The number of hydrogen-bond acceptors (Lipinski definition) is 2. The van der Waals surface area contributed by atoms with Crippen LogP contribution in [0, 0.1) is 0 Å². The highest BCUT2D eigenvalue weighted by molar-refractivity contribution is 6.30. The van der Waals surface area contributed by atoms with Crippen LogP contribution in [0.1, 0.15) is 31.4 Å². The van der Waals surface area contributed by atoms with Crippen molar-refractivity contribution in [2.45, 2.75) is 32.9 Å². The zero-order valence-corrected chi connectivity index (χ0v) is 12.5. The number of nitrogens with zero attached hydrogens (tertiary/aromatic N) is 1. The maximum atomic E-state index is 13.1. The van der Waals surface area contributed by atoms with Crippen LogP contribution < -0.4 is 4.74 Å². The smallest absolute Gasteiger partial charge is 0.417 e. The molecule has 6 heteroatoms. The summed E-state index contributed by atoms with van der Waals surface area (Å²) in [5, 5.41) is 0.239. The maximum Gasteiger partial charge on any atom is 0.417 e. The second-order valence-electron chi connectivity index (χ2n) is 4.65. The van der Waals surface area contributed by atoms with Crippen LogP contribution in [0.2, 0.25) is 5.15 Å². The number of benzene rings is 1. The first-order valence-electron chi connectivity index (χ1n) is 6.70. The standard InChI is InChI=1S/C15H15ClF3NO/c1-3-7-21-12-6-5-11(15(17,18)19)10-8-9(4-2)14(16)20-13(10)12/h5-6,8H,3-4,7H2,1-2H3. The molecule has 0 saturated heterocycles. The molecule has 114 valence electrons. The monoisotopic (exact) mass is 317 g/mol. The van der Waals surface area contributed by atoms with Gasteiger partial charge in [-0.1, -0.05) is 25.4 Å². The Labute approximate surface area is 125 Å². The Morgan fingerprint density at radius 1 is 1.24 bits per heavy atom. The molecule has 0 atom stereocenters. The topological polar surface area (TPSA) is 22.1 Å². The van der Waals surface area contributed by atoms with Crippen LogP contribution in [0.3, 0.4) is 0 Å². The summed E-state index contributed by atoms with van der Waals surface area (Å²) in [6, 6.07) is 3.78. The van der Waals surface area contributed by atoms with Gasteiger partial charge in [0, 0.05) is 5.39 Å². The largest absolute Gasteiger partial charge is 0.491 e. The van der Waals surface area contributed by atoms with Crippen LogP contribution in [0.5, 0.6) is 5.75 Å². The van der Waals surface area contributed by atoms with Gasteiger partial charge in [0.15, 0.2) is 0 Å². The van der Waals surface area contributed by atoms with Crippen molar-refractivity contribution in [2.75, 3.05) is 6.61 Å². The number of aromatic nitrogens is 1. The van der Waals surface area contributed by atoms with E-state index in [0.717, 1.165) is 12.5 Å². The zero-order chi connectivity index (χ0) is 15.6. The third-order valence-corrected chi connectivity index (χ3v) is 3.45. The summed E-state index contributed by atoms with van der Waals surface area (Å²) in [4.78, 5) is 4.11. The average molecular weight is 318 g/mol. The van der Waals surface area contributed by atoms with Crippen molar-refractivity contribution in [2.24, 2.45) is 0 Å². The number of pyridine rings is 1. The van der Waals surface area contributed by atoms with Gasteiger partial charge in [-0.2, -0.15) is 13.2 Å². The molecule has 0 saturated carbocycles. The van der Waals surface area contributed by atoms with E-state index in [1.54, 1.807) is 0 Å². The SMILES string of the molecule is CCCOc1ccc(C(F)(F)F)c2cc(CC)c(Cl)nc12. The van der Waals surface area contributed by atoms with E-state index in [1.165, 1.54) is 12.1 Å². The first-order valence-corrected chi connectivity index (χ1v) is 7.08. The Bertz CT molecular complexity index is 655. The molecule has 0 aliphatic rings. The highest BCUT2D eigenvalue weighted by Crippen LogP contribution is 2.39. The summed E-state index contributed by atoms with van der Waals surface area (Å²) >= 11 is 6.03. The Hall–Kier alpha value is -1.49. The van der Waals surface area contributed by atoms with Gasteiger partial charge in [0.1, 0.15) is 16.4 Å².